The zero-order valence-corrected chi connectivity index (χ0v) is 17.6. The van der Waals surface area contributed by atoms with E-state index in [9.17, 15) is 0 Å². The summed E-state index contributed by atoms with van der Waals surface area (Å²) in [5.41, 5.74) is 2.69. The smallest absolute Gasteiger partial charge is 0.143 e. The van der Waals surface area contributed by atoms with Crippen LogP contribution in [0.1, 0.15) is 49.8 Å². The molecule has 0 heterocycles. The molecule has 3 rings (SSSR count). The molecule has 0 N–H and O–H groups in total. The second-order valence-corrected chi connectivity index (χ2v) is 7.48. The Labute approximate surface area is 175 Å². The zero-order chi connectivity index (χ0) is 20.4. The molecular formula is C27H32O2. The van der Waals surface area contributed by atoms with E-state index < -0.39 is 5.60 Å². The number of hydrogen-bond acceptors (Lipinski definition) is 2. The first-order chi connectivity index (χ1) is 14.3. The van der Waals surface area contributed by atoms with Crippen LogP contribution in [0, 0.1) is 0 Å². The molecule has 2 nitrogen and oxygen atoms in total. The van der Waals surface area contributed by atoms with Gasteiger partial charge in [0.15, 0.2) is 0 Å². The van der Waals surface area contributed by atoms with Crippen LogP contribution in [0.2, 0.25) is 0 Å². The van der Waals surface area contributed by atoms with E-state index in [0.29, 0.717) is 6.61 Å². The fourth-order valence-corrected chi connectivity index (χ4v) is 3.70. The summed E-state index contributed by atoms with van der Waals surface area (Å²) in [6.45, 7) is 5.61. The zero-order valence-electron chi connectivity index (χ0n) is 17.6. The number of benzene rings is 3. The summed E-state index contributed by atoms with van der Waals surface area (Å²) in [5.74, 6) is 0. The molecule has 0 aliphatic carbocycles. The number of hydrogen-bond donors (Lipinski definition) is 0. The van der Waals surface area contributed by atoms with E-state index >= 15 is 0 Å². The van der Waals surface area contributed by atoms with E-state index in [1.807, 2.05) is 18.2 Å². The van der Waals surface area contributed by atoms with Gasteiger partial charge >= 0.3 is 0 Å². The molecule has 1 atom stereocenters. The van der Waals surface area contributed by atoms with Crippen LogP contribution in [0.3, 0.4) is 0 Å². The lowest BCUT2D eigenvalue weighted by Crippen LogP contribution is -2.35. The van der Waals surface area contributed by atoms with Gasteiger partial charge in [0, 0.05) is 6.61 Å². The van der Waals surface area contributed by atoms with E-state index in [1.54, 1.807) is 0 Å². The van der Waals surface area contributed by atoms with Crippen molar-refractivity contribution in [2.45, 2.75) is 44.8 Å². The van der Waals surface area contributed by atoms with Crippen molar-refractivity contribution in [2.24, 2.45) is 0 Å². The van der Waals surface area contributed by atoms with Gasteiger partial charge < -0.3 is 9.47 Å². The summed E-state index contributed by atoms with van der Waals surface area (Å²) in [6.07, 6.45) is 3.53. The maximum atomic E-state index is 6.78. The lowest BCUT2D eigenvalue weighted by molar-refractivity contribution is -0.0587. The molecule has 0 bridgehead atoms. The van der Waals surface area contributed by atoms with Crippen LogP contribution in [0.5, 0.6) is 0 Å². The van der Waals surface area contributed by atoms with E-state index in [4.69, 9.17) is 9.47 Å². The molecule has 0 saturated carbocycles. The van der Waals surface area contributed by atoms with Gasteiger partial charge in [-0.1, -0.05) is 111 Å². The minimum Gasteiger partial charge on any atom is -0.376 e. The maximum absolute atomic E-state index is 6.78. The third-order valence-corrected chi connectivity index (χ3v) is 5.23. The van der Waals surface area contributed by atoms with Gasteiger partial charge in [-0.15, -0.1) is 0 Å². The quantitative estimate of drug-likeness (QED) is 0.272. The summed E-state index contributed by atoms with van der Waals surface area (Å²) in [4.78, 5) is 0. The first-order valence-electron chi connectivity index (χ1n) is 10.7. The summed E-state index contributed by atoms with van der Waals surface area (Å²) < 4.78 is 12.8. The van der Waals surface area contributed by atoms with Crippen LogP contribution in [-0.2, 0) is 15.1 Å². The molecule has 29 heavy (non-hydrogen) atoms. The normalized spacial score (nSPS) is 12.6. The monoisotopic (exact) mass is 388 g/mol. The summed E-state index contributed by atoms with van der Waals surface area (Å²) in [5, 5.41) is 0. The Kier molecular flexibility index (Phi) is 8.03. The van der Waals surface area contributed by atoms with Crippen LogP contribution < -0.4 is 0 Å². The van der Waals surface area contributed by atoms with Crippen molar-refractivity contribution in [3.05, 3.63) is 108 Å². The molecule has 0 aliphatic rings. The fraction of sp³-hybridized carbons (Fsp3) is 0.333. The van der Waals surface area contributed by atoms with Gasteiger partial charge in [0.2, 0.25) is 0 Å². The summed E-state index contributed by atoms with van der Waals surface area (Å²) >= 11 is 0. The topological polar surface area (TPSA) is 18.5 Å². The molecule has 0 fully saturated rings. The lowest BCUT2D eigenvalue weighted by Gasteiger charge is -2.36. The van der Waals surface area contributed by atoms with Crippen molar-refractivity contribution in [1.29, 1.82) is 0 Å². The molecule has 0 saturated heterocycles. The number of unbranched alkanes of at least 4 members (excludes halogenated alkanes) is 2. The highest BCUT2D eigenvalue weighted by Crippen LogP contribution is 2.40. The van der Waals surface area contributed by atoms with Gasteiger partial charge in [-0.05, 0) is 30.0 Å². The highest BCUT2D eigenvalue weighted by atomic mass is 16.5. The van der Waals surface area contributed by atoms with E-state index in [2.05, 4.69) is 86.6 Å². The molecule has 0 spiro atoms. The Morgan fingerprint density at radius 2 is 1.14 bits per heavy atom. The van der Waals surface area contributed by atoms with E-state index in [0.717, 1.165) is 29.7 Å². The standard InChI is InChI=1S/C27H32O2/c1-3-4-14-21-28-23(2)22-29-27(24-15-8-5-9-16-24,25-17-10-6-11-18-25)26-19-12-7-13-20-26/h5-13,15-20,23H,3-4,14,21-22H2,1-2H3/t23-/m0/s1. The first-order valence-corrected chi connectivity index (χ1v) is 10.7. The Bertz CT molecular complexity index is 718. The number of rotatable bonds is 11. The van der Waals surface area contributed by atoms with Gasteiger partial charge in [0.1, 0.15) is 5.60 Å². The molecule has 0 aromatic heterocycles. The molecule has 152 valence electrons. The lowest BCUT2D eigenvalue weighted by atomic mass is 9.80. The van der Waals surface area contributed by atoms with E-state index in [1.165, 1.54) is 12.8 Å². The molecule has 0 radical (unpaired) electrons. The van der Waals surface area contributed by atoms with Gasteiger partial charge in [0.25, 0.3) is 0 Å². The van der Waals surface area contributed by atoms with Crippen molar-refractivity contribution in [3.63, 3.8) is 0 Å². The fourth-order valence-electron chi connectivity index (χ4n) is 3.70. The van der Waals surface area contributed by atoms with Gasteiger partial charge in [-0.25, -0.2) is 0 Å². The summed E-state index contributed by atoms with van der Waals surface area (Å²) in [6, 6.07) is 31.5. The van der Waals surface area contributed by atoms with Gasteiger partial charge in [-0.3, -0.25) is 0 Å². The second kappa shape index (κ2) is 10.9. The average molecular weight is 389 g/mol. The van der Waals surface area contributed by atoms with Crippen molar-refractivity contribution in [2.75, 3.05) is 13.2 Å². The Balaban J connectivity index is 1.95. The maximum Gasteiger partial charge on any atom is 0.143 e. The highest BCUT2D eigenvalue weighted by Gasteiger charge is 2.37. The van der Waals surface area contributed by atoms with Crippen molar-refractivity contribution in [3.8, 4) is 0 Å². The minimum absolute atomic E-state index is 0.0300. The predicted molar refractivity (Wildman–Crippen MR) is 120 cm³/mol. The molecule has 0 amide bonds. The molecular weight excluding hydrogens is 356 g/mol. The Morgan fingerprint density at radius 1 is 0.690 bits per heavy atom. The molecule has 2 heteroatoms. The Hall–Kier alpha value is -2.42. The van der Waals surface area contributed by atoms with Crippen molar-refractivity contribution < 1.29 is 9.47 Å². The number of ether oxygens (including phenoxy) is 2. The average Bonchev–Trinajstić information content (AvgIpc) is 2.79. The molecule has 3 aromatic rings. The predicted octanol–water partition coefficient (Wildman–Crippen LogP) is 6.59. The molecule has 0 aliphatic heterocycles. The van der Waals surface area contributed by atoms with Crippen LogP contribution in [0.25, 0.3) is 0 Å². The SMILES string of the molecule is CCCCCO[C@@H](C)COC(c1ccccc1)(c1ccccc1)c1ccccc1. The van der Waals surface area contributed by atoms with Crippen LogP contribution >= 0.6 is 0 Å². The van der Waals surface area contributed by atoms with Crippen LogP contribution in [0.4, 0.5) is 0 Å². The van der Waals surface area contributed by atoms with Gasteiger partial charge in [0.05, 0.1) is 12.7 Å². The van der Waals surface area contributed by atoms with Gasteiger partial charge in [-0.2, -0.15) is 0 Å². The Morgan fingerprint density at radius 3 is 1.55 bits per heavy atom. The highest BCUT2D eigenvalue weighted by molar-refractivity contribution is 5.47. The molecule has 3 aromatic carbocycles. The third-order valence-electron chi connectivity index (χ3n) is 5.23. The van der Waals surface area contributed by atoms with Crippen molar-refractivity contribution in [1.82, 2.24) is 0 Å². The molecule has 0 unspecified atom stereocenters. The van der Waals surface area contributed by atoms with Crippen LogP contribution in [-0.4, -0.2) is 19.3 Å². The largest absolute Gasteiger partial charge is 0.376 e. The summed E-state index contributed by atoms with van der Waals surface area (Å²) in [7, 11) is 0. The van der Waals surface area contributed by atoms with Crippen LogP contribution in [0.15, 0.2) is 91.0 Å². The van der Waals surface area contributed by atoms with Crippen molar-refractivity contribution >= 4 is 0 Å². The van der Waals surface area contributed by atoms with E-state index in [-0.39, 0.29) is 6.10 Å². The first kappa shape index (κ1) is 21.3. The third kappa shape index (κ3) is 5.35. The minimum atomic E-state index is -0.676. The second-order valence-electron chi connectivity index (χ2n) is 7.48.